The predicted molar refractivity (Wildman–Crippen MR) is 106 cm³/mol. The van der Waals surface area contributed by atoms with Gasteiger partial charge in [0.15, 0.2) is 6.10 Å². The van der Waals surface area contributed by atoms with Crippen molar-refractivity contribution in [3.63, 3.8) is 0 Å². The van der Waals surface area contributed by atoms with Gasteiger partial charge in [0, 0.05) is 43.8 Å². The number of pyridine rings is 1. The number of rotatable bonds is 5. The van der Waals surface area contributed by atoms with Crippen LogP contribution in [0.5, 0.6) is 0 Å². The number of imidazole rings is 1. The van der Waals surface area contributed by atoms with E-state index in [0.29, 0.717) is 24.6 Å². The number of aliphatic hydroxyl groups is 1. The molecule has 0 radical (unpaired) electrons. The molecule has 1 unspecified atom stereocenters. The van der Waals surface area contributed by atoms with E-state index >= 15 is 0 Å². The van der Waals surface area contributed by atoms with E-state index in [-0.39, 0.29) is 5.91 Å². The molecule has 3 aromatic rings. The average molecular weight is 376 g/mol. The number of benzene rings is 1. The first kappa shape index (κ1) is 18.4. The van der Waals surface area contributed by atoms with Crippen LogP contribution in [0, 0.1) is 0 Å². The van der Waals surface area contributed by atoms with E-state index in [0.717, 1.165) is 30.8 Å². The van der Waals surface area contributed by atoms with Gasteiger partial charge in [0.05, 0.1) is 6.54 Å². The van der Waals surface area contributed by atoms with Crippen LogP contribution in [0.1, 0.15) is 41.8 Å². The van der Waals surface area contributed by atoms with E-state index in [9.17, 15) is 9.90 Å². The van der Waals surface area contributed by atoms with E-state index in [1.807, 2.05) is 42.9 Å². The van der Waals surface area contributed by atoms with Crippen molar-refractivity contribution in [2.45, 2.75) is 31.4 Å². The molecule has 6 nitrogen and oxygen atoms in total. The summed E-state index contributed by atoms with van der Waals surface area (Å²) < 4.78 is 2.16. The van der Waals surface area contributed by atoms with Crippen LogP contribution in [-0.2, 0) is 11.3 Å². The first-order chi connectivity index (χ1) is 13.7. The summed E-state index contributed by atoms with van der Waals surface area (Å²) in [6, 6.07) is 13.1. The Balaban J connectivity index is 1.38. The molecule has 1 saturated heterocycles. The van der Waals surface area contributed by atoms with Gasteiger partial charge in [0.25, 0.3) is 5.91 Å². The lowest BCUT2D eigenvalue weighted by Crippen LogP contribution is -2.41. The molecule has 0 spiro atoms. The third kappa shape index (κ3) is 3.97. The minimum atomic E-state index is -1.09. The number of nitrogens with zero attached hydrogens (tertiary/aromatic N) is 4. The zero-order chi connectivity index (χ0) is 19.3. The topological polar surface area (TPSA) is 71.2 Å². The largest absolute Gasteiger partial charge is 0.378 e. The van der Waals surface area contributed by atoms with E-state index < -0.39 is 6.10 Å². The second-order valence-corrected chi connectivity index (χ2v) is 7.19. The van der Waals surface area contributed by atoms with Crippen molar-refractivity contribution in [2.75, 3.05) is 13.1 Å². The Labute approximate surface area is 164 Å². The Hall–Kier alpha value is -2.99. The van der Waals surface area contributed by atoms with Gasteiger partial charge >= 0.3 is 0 Å². The molecule has 0 aliphatic carbocycles. The molecule has 1 aliphatic rings. The molecule has 0 saturated carbocycles. The number of likely N-dealkylation sites (tertiary alicyclic amines) is 1. The van der Waals surface area contributed by atoms with Crippen molar-refractivity contribution >= 4 is 5.91 Å². The Morgan fingerprint density at radius 2 is 1.89 bits per heavy atom. The molecule has 3 heterocycles. The predicted octanol–water partition coefficient (Wildman–Crippen LogP) is 2.77. The molecule has 28 heavy (non-hydrogen) atoms. The lowest BCUT2D eigenvalue weighted by molar-refractivity contribution is -0.141. The van der Waals surface area contributed by atoms with Crippen molar-refractivity contribution < 1.29 is 9.90 Å². The first-order valence-electron chi connectivity index (χ1n) is 9.64. The van der Waals surface area contributed by atoms with Crippen LogP contribution in [-0.4, -0.2) is 43.5 Å². The molecule has 6 heteroatoms. The fourth-order valence-electron chi connectivity index (χ4n) is 3.81. The summed E-state index contributed by atoms with van der Waals surface area (Å²) in [6.45, 7) is 2.01. The maximum atomic E-state index is 12.6. The van der Waals surface area contributed by atoms with Crippen LogP contribution in [0.2, 0.25) is 0 Å². The van der Waals surface area contributed by atoms with Crippen LogP contribution in [0.25, 0.3) is 0 Å². The van der Waals surface area contributed by atoms with Gasteiger partial charge in [0.1, 0.15) is 5.82 Å². The van der Waals surface area contributed by atoms with Gasteiger partial charge in [-0.15, -0.1) is 0 Å². The second kappa shape index (κ2) is 8.35. The summed E-state index contributed by atoms with van der Waals surface area (Å²) in [6.07, 6.45) is 8.08. The summed E-state index contributed by atoms with van der Waals surface area (Å²) >= 11 is 0. The Kier molecular flexibility index (Phi) is 5.48. The maximum Gasteiger partial charge on any atom is 0.256 e. The lowest BCUT2D eigenvalue weighted by atomic mass is 9.95. The zero-order valence-electron chi connectivity index (χ0n) is 15.7. The molecule has 1 fully saturated rings. The minimum Gasteiger partial charge on any atom is -0.378 e. The summed E-state index contributed by atoms with van der Waals surface area (Å²) in [5.41, 5.74) is 1.78. The van der Waals surface area contributed by atoms with Gasteiger partial charge in [-0.2, -0.15) is 0 Å². The van der Waals surface area contributed by atoms with Gasteiger partial charge in [-0.05, 0) is 30.0 Å². The van der Waals surface area contributed by atoms with Crippen molar-refractivity contribution in [3.8, 4) is 0 Å². The fraction of sp³-hybridized carbons (Fsp3) is 0.318. The molecule has 4 rings (SSSR count). The van der Waals surface area contributed by atoms with Crippen molar-refractivity contribution in [2.24, 2.45) is 0 Å². The molecule has 1 amide bonds. The Morgan fingerprint density at radius 1 is 1.11 bits per heavy atom. The average Bonchev–Trinajstić information content (AvgIpc) is 3.22. The number of carbonyl (C=O) groups excluding carboxylic acids is 1. The van der Waals surface area contributed by atoms with Gasteiger partial charge in [0.2, 0.25) is 0 Å². The van der Waals surface area contributed by atoms with Gasteiger partial charge < -0.3 is 14.6 Å². The van der Waals surface area contributed by atoms with Crippen LogP contribution < -0.4 is 0 Å². The number of carbonyl (C=O) groups is 1. The zero-order valence-corrected chi connectivity index (χ0v) is 15.7. The van der Waals surface area contributed by atoms with Crippen LogP contribution in [0.3, 0.4) is 0 Å². The summed E-state index contributed by atoms with van der Waals surface area (Å²) in [4.78, 5) is 23.2. The molecular weight excluding hydrogens is 352 g/mol. The highest BCUT2D eigenvalue weighted by atomic mass is 16.3. The van der Waals surface area contributed by atoms with Crippen LogP contribution in [0.4, 0.5) is 0 Å². The number of hydrogen-bond acceptors (Lipinski definition) is 4. The molecule has 1 aromatic carbocycles. The Morgan fingerprint density at radius 3 is 2.61 bits per heavy atom. The monoisotopic (exact) mass is 376 g/mol. The minimum absolute atomic E-state index is 0.219. The van der Waals surface area contributed by atoms with E-state index in [1.54, 1.807) is 23.2 Å². The van der Waals surface area contributed by atoms with E-state index in [1.165, 1.54) is 0 Å². The normalized spacial score (nSPS) is 16.1. The second-order valence-electron chi connectivity index (χ2n) is 7.19. The highest BCUT2D eigenvalue weighted by Gasteiger charge is 2.30. The molecule has 144 valence electrons. The fourth-order valence-corrected chi connectivity index (χ4v) is 3.81. The number of aromatic nitrogens is 3. The standard InChI is InChI=1S/C22H24N4O2/c27-20(18-6-2-1-3-7-18)22(28)25-12-8-19(9-13-25)21-24-11-14-26(21)16-17-5-4-10-23-15-17/h1-7,10-11,14-15,19-20,27H,8-9,12-13,16H2. The molecule has 1 atom stereocenters. The molecule has 2 aromatic heterocycles. The number of aliphatic hydroxyl groups excluding tert-OH is 1. The summed E-state index contributed by atoms with van der Waals surface area (Å²) in [7, 11) is 0. The summed E-state index contributed by atoms with van der Waals surface area (Å²) in [5, 5.41) is 10.4. The summed E-state index contributed by atoms with van der Waals surface area (Å²) in [5.74, 6) is 1.15. The highest BCUT2D eigenvalue weighted by Crippen LogP contribution is 2.29. The van der Waals surface area contributed by atoms with Crippen molar-refractivity contribution in [3.05, 3.63) is 84.2 Å². The quantitative estimate of drug-likeness (QED) is 0.743. The van der Waals surface area contributed by atoms with Crippen molar-refractivity contribution in [1.82, 2.24) is 19.4 Å². The number of hydrogen-bond donors (Lipinski definition) is 1. The lowest BCUT2D eigenvalue weighted by Gasteiger charge is -2.33. The SMILES string of the molecule is O=C(C(O)c1ccccc1)N1CCC(c2nccn2Cc2cccnc2)CC1. The molecular formula is C22H24N4O2. The van der Waals surface area contributed by atoms with Gasteiger partial charge in [-0.1, -0.05) is 36.4 Å². The smallest absolute Gasteiger partial charge is 0.256 e. The number of piperidine rings is 1. The van der Waals surface area contributed by atoms with Crippen LogP contribution >= 0.6 is 0 Å². The molecule has 1 aliphatic heterocycles. The van der Waals surface area contributed by atoms with Crippen molar-refractivity contribution in [1.29, 1.82) is 0 Å². The Bertz CT molecular complexity index is 903. The maximum absolute atomic E-state index is 12.6. The first-order valence-corrected chi connectivity index (χ1v) is 9.64. The van der Waals surface area contributed by atoms with Gasteiger partial charge in [-0.3, -0.25) is 9.78 Å². The third-order valence-corrected chi connectivity index (χ3v) is 5.34. The van der Waals surface area contributed by atoms with Crippen LogP contribution in [0.15, 0.2) is 67.3 Å². The van der Waals surface area contributed by atoms with E-state index in [2.05, 4.69) is 20.6 Å². The third-order valence-electron chi connectivity index (χ3n) is 5.34. The molecule has 0 bridgehead atoms. The highest BCUT2D eigenvalue weighted by molar-refractivity contribution is 5.82. The molecule has 1 N–H and O–H groups in total. The van der Waals surface area contributed by atoms with E-state index in [4.69, 9.17) is 0 Å². The van der Waals surface area contributed by atoms with Gasteiger partial charge in [-0.25, -0.2) is 4.98 Å². The number of amides is 1.